The maximum atomic E-state index is 13.1. The second-order valence-electron chi connectivity index (χ2n) is 4.27. The van der Waals surface area contributed by atoms with E-state index >= 15 is 0 Å². The third-order valence-electron chi connectivity index (χ3n) is 2.83. The first-order valence-corrected chi connectivity index (χ1v) is 5.91. The summed E-state index contributed by atoms with van der Waals surface area (Å²) in [6.07, 6.45) is 0. The van der Waals surface area contributed by atoms with Gasteiger partial charge < -0.3 is 15.2 Å². The van der Waals surface area contributed by atoms with Crippen molar-refractivity contribution in [1.29, 1.82) is 0 Å². The van der Waals surface area contributed by atoms with Gasteiger partial charge in [-0.25, -0.2) is 4.39 Å². The van der Waals surface area contributed by atoms with E-state index in [0.717, 1.165) is 5.56 Å². The van der Waals surface area contributed by atoms with Crippen LogP contribution in [-0.4, -0.2) is 7.11 Å². The predicted octanol–water partition coefficient (Wildman–Crippen LogP) is 3.30. The van der Waals surface area contributed by atoms with Crippen LogP contribution in [0.3, 0.4) is 0 Å². The highest BCUT2D eigenvalue weighted by Gasteiger charge is 2.05. The minimum atomic E-state index is -0.242. The molecule has 19 heavy (non-hydrogen) atoms. The first-order valence-electron chi connectivity index (χ1n) is 5.91. The zero-order valence-electron chi connectivity index (χ0n) is 10.9. The van der Waals surface area contributed by atoms with Gasteiger partial charge in [0.2, 0.25) is 0 Å². The van der Waals surface area contributed by atoms with E-state index in [1.165, 1.54) is 6.07 Å². The molecule has 0 heterocycles. The molecular formula is C15H16FNO2. The van der Waals surface area contributed by atoms with Crippen molar-refractivity contribution < 1.29 is 13.9 Å². The number of halogens is 1. The highest BCUT2D eigenvalue weighted by molar-refractivity contribution is 5.47. The van der Waals surface area contributed by atoms with E-state index in [-0.39, 0.29) is 5.82 Å². The summed E-state index contributed by atoms with van der Waals surface area (Å²) < 4.78 is 24.0. The molecule has 0 aliphatic rings. The lowest BCUT2D eigenvalue weighted by molar-refractivity contribution is 0.296. The second-order valence-corrected chi connectivity index (χ2v) is 4.27. The van der Waals surface area contributed by atoms with E-state index in [4.69, 9.17) is 15.2 Å². The van der Waals surface area contributed by atoms with E-state index in [9.17, 15) is 4.39 Å². The average Bonchev–Trinajstić information content (AvgIpc) is 2.40. The van der Waals surface area contributed by atoms with Gasteiger partial charge in [0.15, 0.2) is 0 Å². The number of anilines is 1. The smallest absolute Gasteiger partial charge is 0.126 e. The zero-order chi connectivity index (χ0) is 13.8. The third kappa shape index (κ3) is 3.16. The lowest BCUT2D eigenvalue weighted by Gasteiger charge is -2.11. The predicted molar refractivity (Wildman–Crippen MR) is 72.9 cm³/mol. The Bertz CT molecular complexity index is 584. The molecule has 2 N–H and O–H groups in total. The molecular weight excluding hydrogens is 245 g/mol. The van der Waals surface area contributed by atoms with Gasteiger partial charge in [-0.15, -0.1) is 0 Å². The maximum absolute atomic E-state index is 13.1. The lowest BCUT2D eigenvalue weighted by Crippen LogP contribution is -2.00. The van der Waals surface area contributed by atoms with Gasteiger partial charge in [0.25, 0.3) is 0 Å². The van der Waals surface area contributed by atoms with E-state index < -0.39 is 0 Å². The molecule has 4 heteroatoms. The Labute approximate surface area is 111 Å². The number of hydrogen-bond acceptors (Lipinski definition) is 3. The summed E-state index contributed by atoms with van der Waals surface area (Å²) in [7, 11) is 1.59. The van der Waals surface area contributed by atoms with Gasteiger partial charge in [-0.05, 0) is 48.9 Å². The van der Waals surface area contributed by atoms with Crippen LogP contribution in [0.25, 0.3) is 0 Å². The van der Waals surface area contributed by atoms with E-state index in [1.54, 1.807) is 44.4 Å². The van der Waals surface area contributed by atoms with Gasteiger partial charge in [0.05, 0.1) is 7.11 Å². The second kappa shape index (κ2) is 5.61. The van der Waals surface area contributed by atoms with Crippen LogP contribution in [0.5, 0.6) is 11.5 Å². The molecule has 100 valence electrons. The fourth-order valence-electron chi connectivity index (χ4n) is 1.78. The first-order chi connectivity index (χ1) is 9.10. The van der Waals surface area contributed by atoms with Gasteiger partial charge in [-0.2, -0.15) is 0 Å². The monoisotopic (exact) mass is 261 g/mol. The Morgan fingerprint density at radius 3 is 2.63 bits per heavy atom. The molecule has 0 radical (unpaired) electrons. The molecule has 0 aromatic heterocycles. The number of rotatable bonds is 4. The topological polar surface area (TPSA) is 44.5 Å². The van der Waals surface area contributed by atoms with Crippen molar-refractivity contribution in [2.45, 2.75) is 13.5 Å². The summed E-state index contributed by atoms with van der Waals surface area (Å²) >= 11 is 0. The van der Waals surface area contributed by atoms with E-state index in [1.807, 2.05) is 0 Å². The van der Waals surface area contributed by atoms with Crippen LogP contribution in [0.1, 0.15) is 11.1 Å². The van der Waals surface area contributed by atoms with Crippen molar-refractivity contribution in [2.24, 2.45) is 0 Å². The number of methoxy groups -OCH3 is 1. The number of ether oxygens (including phenoxy) is 2. The Morgan fingerprint density at radius 2 is 1.95 bits per heavy atom. The summed E-state index contributed by atoms with van der Waals surface area (Å²) in [4.78, 5) is 0. The molecule has 0 spiro atoms. The fourth-order valence-corrected chi connectivity index (χ4v) is 1.78. The standard InChI is InChI=1S/C15H16FNO2/c1-10-7-13(4-5-14(10)16)19-9-11-8-12(17)3-6-15(11)18-2/h3-8H,9,17H2,1-2H3. The number of benzene rings is 2. The Kier molecular flexibility index (Phi) is 3.90. The van der Waals surface area contributed by atoms with Crippen molar-refractivity contribution >= 4 is 5.69 Å². The molecule has 0 atom stereocenters. The highest BCUT2D eigenvalue weighted by Crippen LogP contribution is 2.23. The Morgan fingerprint density at radius 1 is 1.16 bits per heavy atom. The van der Waals surface area contributed by atoms with Crippen molar-refractivity contribution in [3.8, 4) is 11.5 Å². The molecule has 0 saturated carbocycles. The number of nitrogen functional groups attached to an aromatic ring is 1. The summed E-state index contributed by atoms with van der Waals surface area (Å²) in [5.74, 6) is 1.09. The zero-order valence-corrected chi connectivity index (χ0v) is 10.9. The molecule has 2 rings (SSSR count). The molecule has 0 aliphatic heterocycles. The largest absolute Gasteiger partial charge is 0.496 e. The fraction of sp³-hybridized carbons (Fsp3) is 0.200. The van der Waals surface area contributed by atoms with Crippen LogP contribution in [0.15, 0.2) is 36.4 Å². The van der Waals surface area contributed by atoms with Gasteiger partial charge in [0, 0.05) is 11.3 Å². The molecule has 0 amide bonds. The lowest BCUT2D eigenvalue weighted by atomic mass is 10.2. The van der Waals surface area contributed by atoms with Crippen LogP contribution >= 0.6 is 0 Å². The van der Waals surface area contributed by atoms with Crippen LogP contribution in [0, 0.1) is 12.7 Å². The Hall–Kier alpha value is -2.23. The first kappa shape index (κ1) is 13.2. The SMILES string of the molecule is COc1ccc(N)cc1COc1ccc(F)c(C)c1. The molecule has 2 aromatic rings. The number of nitrogens with two attached hydrogens (primary N) is 1. The van der Waals surface area contributed by atoms with Crippen LogP contribution in [0.4, 0.5) is 10.1 Å². The highest BCUT2D eigenvalue weighted by atomic mass is 19.1. The molecule has 0 unspecified atom stereocenters. The number of aryl methyl sites for hydroxylation is 1. The van der Waals surface area contributed by atoms with Crippen molar-refractivity contribution in [1.82, 2.24) is 0 Å². The maximum Gasteiger partial charge on any atom is 0.126 e. The molecule has 0 aliphatic carbocycles. The van der Waals surface area contributed by atoms with Gasteiger partial charge in [-0.3, -0.25) is 0 Å². The summed E-state index contributed by atoms with van der Waals surface area (Å²) in [6, 6.07) is 10.0. The normalized spacial score (nSPS) is 10.3. The van der Waals surface area contributed by atoms with Crippen molar-refractivity contribution in [2.75, 3.05) is 12.8 Å². The quantitative estimate of drug-likeness (QED) is 0.859. The van der Waals surface area contributed by atoms with Gasteiger partial charge >= 0.3 is 0 Å². The molecule has 0 bridgehead atoms. The van der Waals surface area contributed by atoms with Crippen molar-refractivity contribution in [3.05, 3.63) is 53.3 Å². The van der Waals surface area contributed by atoms with Crippen LogP contribution in [0.2, 0.25) is 0 Å². The van der Waals surface area contributed by atoms with Crippen LogP contribution in [-0.2, 0) is 6.61 Å². The minimum Gasteiger partial charge on any atom is -0.496 e. The third-order valence-corrected chi connectivity index (χ3v) is 2.83. The van der Waals surface area contributed by atoms with E-state index in [0.29, 0.717) is 29.4 Å². The molecule has 2 aromatic carbocycles. The minimum absolute atomic E-state index is 0.242. The van der Waals surface area contributed by atoms with Crippen LogP contribution < -0.4 is 15.2 Å². The number of hydrogen-bond donors (Lipinski definition) is 1. The summed E-state index contributed by atoms with van der Waals surface area (Å²) in [5, 5.41) is 0. The Balaban J connectivity index is 2.13. The summed E-state index contributed by atoms with van der Waals surface area (Å²) in [6.45, 7) is 2.02. The molecule has 0 saturated heterocycles. The summed E-state index contributed by atoms with van der Waals surface area (Å²) in [5.41, 5.74) is 7.79. The molecule has 0 fully saturated rings. The van der Waals surface area contributed by atoms with Gasteiger partial charge in [-0.1, -0.05) is 0 Å². The average molecular weight is 261 g/mol. The molecule has 3 nitrogen and oxygen atoms in total. The van der Waals surface area contributed by atoms with E-state index in [2.05, 4.69) is 0 Å². The van der Waals surface area contributed by atoms with Gasteiger partial charge in [0.1, 0.15) is 23.9 Å². The van der Waals surface area contributed by atoms with Crippen molar-refractivity contribution in [3.63, 3.8) is 0 Å².